The van der Waals surface area contributed by atoms with E-state index in [2.05, 4.69) is 44.3 Å². The van der Waals surface area contributed by atoms with Crippen molar-refractivity contribution in [1.82, 2.24) is 4.90 Å². The number of carbonyl (C=O) groups is 1. The number of halogens is 2. The summed E-state index contributed by atoms with van der Waals surface area (Å²) in [7, 11) is 1.46. The number of carboxylic acids is 1. The zero-order valence-electron chi connectivity index (χ0n) is 25.8. The Morgan fingerprint density at radius 3 is 2.38 bits per heavy atom. The lowest BCUT2D eigenvalue weighted by Crippen LogP contribution is -2.38. The molecule has 0 saturated heterocycles. The molecule has 0 heterocycles. The van der Waals surface area contributed by atoms with Gasteiger partial charge in [-0.2, -0.15) is 0 Å². The molecular weight excluding hydrogens is 538 g/mol. The third kappa shape index (κ3) is 8.06. The number of benzene rings is 2. The molecule has 0 unspecified atom stereocenters. The molecule has 0 radical (unpaired) electrons. The zero-order chi connectivity index (χ0) is 31.2. The third-order valence-electron chi connectivity index (χ3n) is 7.86. The molecule has 1 aliphatic rings. The van der Waals surface area contributed by atoms with Gasteiger partial charge in [-0.3, -0.25) is 4.90 Å². The van der Waals surface area contributed by atoms with Crippen LogP contribution < -0.4 is 4.74 Å². The van der Waals surface area contributed by atoms with Crippen molar-refractivity contribution in [3.05, 3.63) is 82.5 Å². The maximum Gasteiger partial charge on any atom is 0.341 e. The van der Waals surface area contributed by atoms with E-state index in [0.29, 0.717) is 29.0 Å². The Kier molecular flexibility index (Phi) is 11.1. The number of aliphatic carboxylic acids is 1. The molecule has 3 rings (SSSR count). The van der Waals surface area contributed by atoms with Crippen LogP contribution in [-0.4, -0.2) is 47.6 Å². The van der Waals surface area contributed by atoms with E-state index >= 15 is 4.39 Å². The van der Waals surface area contributed by atoms with Gasteiger partial charge in [0.15, 0.2) is 0 Å². The molecule has 0 bridgehead atoms. The molecule has 2 atom stereocenters. The summed E-state index contributed by atoms with van der Waals surface area (Å²) in [6.45, 7) is 15.4. The molecule has 228 valence electrons. The fourth-order valence-corrected chi connectivity index (χ4v) is 5.50. The van der Waals surface area contributed by atoms with Crippen LogP contribution in [0.4, 0.5) is 8.78 Å². The highest BCUT2D eigenvalue weighted by Gasteiger charge is 2.50. The standard InChI is InChI=1S/C34H44F2N2O4/c1-21(2)38(22(3)4)19-27-16-24(12-15-29(27)30(23(5)35)18-31(37-7)41-8)20-42-28-11-9-10-26(17-28)32(25-13-14-25)34(6,36)33(39)40/h9-12,15-18,21-22,25,32H,7,13-14,19-20H2,1-6,8H3,(H,39,40)/b30-23-,31-18+/t32-,34+/m0/s1. The van der Waals surface area contributed by atoms with Crippen LogP contribution in [0.25, 0.3) is 5.57 Å². The zero-order valence-corrected chi connectivity index (χ0v) is 25.8. The molecule has 1 fully saturated rings. The lowest BCUT2D eigenvalue weighted by Gasteiger charge is -2.31. The first-order valence-corrected chi connectivity index (χ1v) is 14.4. The smallest absolute Gasteiger partial charge is 0.341 e. The van der Waals surface area contributed by atoms with Crippen LogP contribution in [0.5, 0.6) is 5.75 Å². The predicted molar refractivity (Wildman–Crippen MR) is 164 cm³/mol. The summed E-state index contributed by atoms with van der Waals surface area (Å²) < 4.78 is 41.6. The van der Waals surface area contributed by atoms with Crippen molar-refractivity contribution in [2.24, 2.45) is 10.9 Å². The second kappa shape index (κ2) is 14.1. The summed E-state index contributed by atoms with van der Waals surface area (Å²) in [4.78, 5) is 17.9. The molecular formula is C34H44F2N2O4. The molecule has 0 spiro atoms. The van der Waals surface area contributed by atoms with Crippen molar-refractivity contribution in [3.63, 3.8) is 0 Å². The van der Waals surface area contributed by atoms with Crippen molar-refractivity contribution in [2.75, 3.05) is 7.11 Å². The van der Waals surface area contributed by atoms with Crippen LogP contribution in [0.2, 0.25) is 0 Å². The Balaban J connectivity index is 1.96. The van der Waals surface area contributed by atoms with Crippen molar-refractivity contribution in [2.45, 2.75) is 91.2 Å². The topological polar surface area (TPSA) is 71.4 Å². The molecule has 2 aromatic rings. The molecule has 2 aromatic carbocycles. The lowest BCUT2D eigenvalue weighted by atomic mass is 9.81. The molecule has 1 saturated carbocycles. The number of carboxylic acid groups (broad SMARTS) is 1. The fourth-order valence-electron chi connectivity index (χ4n) is 5.50. The Bertz CT molecular complexity index is 1320. The van der Waals surface area contributed by atoms with Crippen molar-refractivity contribution >= 4 is 18.3 Å². The van der Waals surface area contributed by atoms with E-state index in [-0.39, 0.29) is 36.3 Å². The number of allylic oxidation sites excluding steroid dienone is 3. The van der Waals surface area contributed by atoms with Gasteiger partial charge in [-0.05, 0) is 101 Å². The maximum absolute atomic E-state index is 15.3. The van der Waals surface area contributed by atoms with Gasteiger partial charge in [0.05, 0.1) is 7.11 Å². The average molecular weight is 583 g/mol. The minimum atomic E-state index is -2.37. The van der Waals surface area contributed by atoms with E-state index in [0.717, 1.165) is 30.9 Å². The number of ether oxygens (including phenoxy) is 2. The Morgan fingerprint density at radius 1 is 1.19 bits per heavy atom. The van der Waals surface area contributed by atoms with Gasteiger partial charge in [0.2, 0.25) is 11.6 Å². The van der Waals surface area contributed by atoms with E-state index in [1.165, 1.54) is 14.0 Å². The predicted octanol–water partition coefficient (Wildman–Crippen LogP) is 8.08. The molecule has 0 aliphatic heterocycles. The largest absolute Gasteiger partial charge is 0.489 e. The maximum atomic E-state index is 15.3. The monoisotopic (exact) mass is 582 g/mol. The van der Waals surface area contributed by atoms with Crippen molar-refractivity contribution in [1.29, 1.82) is 0 Å². The first-order valence-electron chi connectivity index (χ1n) is 14.4. The van der Waals surface area contributed by atoms with Gasteiger partial charge in [0.1, 0.15) is 18.2 Å². The molecule has 8 heteroatoms. The third-order valence-corrected chi connectivity index (χ3v) is 7.86. The number of nitrogens with zero attached hydrogens (tertiary/aromatic N) is 2. The Hall–Kier alpha value is -3.52. The van der Waals surface area contributed by atoms with E-state index in [1.54, 1.807) is 30.3 Å². The Labute approximate surface area is 248 Å². The summed E-state index contributed by atoms with van der Waals surface area (Å²) in [5.74, 6) is -1.84. The first-order chi connectivity index (χ1) is 19.8. The van der Waals surface area contributed by atoms with Gasteiger partial charge in [-0.25, -0.2) is 18.6 Å². The summed E-state index contributed by atoms with van der Waals surface area (Å²) in [6, 6.07) is 13.3. The van der Waals surface area contributed by atoms with Gasteiger partial charge in [0, 0.05) is 36.2 Å². The number of rotatable bonds is 15. The van der Waals surface area contributed by atoms with Crippen LogP contribution in [0.15, 0.2) is 65.2 Å². The minimum absolute atomic E-state index is 0.00325. The quantitative estimate of drug-likeness (QED) is 0.131. The number of methoxy groups -OCH3 is 1. The summed E-state index contributed by atoms with van der Waals surface area (Å²) in [5, 5.41) is 9.54. The van der Waals surface area contributed by atoms with Gasteiger partial charge in [-0.15, -0.1) is 0 Å². The van der Waals surface area contributed by atoms with Gasteiger partial charge in [0.25, 0.3) is 0 Å². The van der Waals surface area contributed by atoms with Gasteiger partial charge < -0.3 is 14.6 Å². The van der Waals surface area contributed by atoms with E-state index < -0.39 is 17.6 Å². The SMILES string of the molecule is C=N/C(=C\C(=C(/C)F)c1ccc(COc2cccc([C@H](C3CC3)[C@@](C)(F)C(=O)O)c2)cc1CN(C(C)C)C(C)C)OC. The van der Waals surface area contributed by atoms with E-state index in [9.17, 15) is 14.3 Å². The minimum Gasteiger partial charge on any atom is -0.489 e. The summed E-state index contributed by atoms with van der Waals surface area (Å²) >= 11 is 0. The van der Waals surface area contributed by atoms with Crippen LogP contribution in [0, 0.1) is 5.92 Å². The number of aliphatic imine (C=N–C) groups is 1. The highest BCUT2D eigenvalue weighted by Crippen LogP contribution is 2.50. The molecule has 1 aliphatic carbocycles. The Morgan fingerprint density at radius 2 is 1.86 bits per heavy atom. The summed E-state index contributed by atoms with van der Waals surface area (Å²) in [5.41, 5.74) is 1.11. The number of hydrogen-bond donors (Lipinski definition) is 1. The highest BCUT2D eigenvalue weighted by molar-refractivity contribution is 5.79. The highest BCUT2D eigenvalue weighted by atomic mass is 19.1. The van der Waals surface area contributed by atoms with Crippen LogP contribution in [0.3, 0.4) is 0 Å². The number of alkyl halides is 1. The first kappa shape index (κ1) is 33.0. The molecule has 0 aromatic heterocycles. The van der Waals surface area contributed by atoms with Crippen LogP contribution in [-0.2, 0) is 22.7 Å². The van der Waals surface area contributed by atoms with Gasteiger partial charge >= 0.3 is 5.97 Å². The van der Waals surface area contributed by atoms with E-state index in [1.807, 2.05) is 18.2 Å². The van der Waals surface area contributed by atoms with Crippen molar-refractivity contribution in [3.8, 4) is 5.75 Å². The van der Waals surface area contributed by atoms with Crippen molar-refractivity contribution < 1.29 is 28.2 Å². The second-order valence-electron chi connectivity index (χ2n) is 11.7. The second-order valence-corrected chi connectivity index (χ2v) is 11.7. The van der Waals surface area contributed by atoms with Crippen LogP contribution in [0.1, 0.15) is 82.6 Å². The molecule has 42 heavy (non-hydrogen) atoms. The van der Waals surface area contributed by atoms with Crippen LogP contribution >= 0.6 is 0 Å². The lowest BCUT2D eigenvalue weighted by molar-refractivity contribution is -0.151. The fraction of sp³-hybridized carbons (Fsp3) is 0.471. The van der Waals surface area contributed by atoms with E-state index in [4.69, 9.17) is 9.47 Å². The average Bonchev–Trinajstić information content (AvgIpc) is 3.76. The normalized spacial score (nSPS) is 16.7. The number of hydrogen-bond acceptors (Lipinski definition) is 5. The molecule has 0 amide bonds. The van der Waals surface area contributed by atoms with Gasteiger partial charge in [-0.1, -0.05) is 30.3 Å². The molecule has 1 N–H and O–H groups in total. The molecule has 6 nitrogen and oxygen atoms in total. The summed E-state index contributed by atoms with van der Waals surface area (Å²) in [6.07, 6.45) is 3.16.